The van der Waals surface area contributed by atoms with E-state index in [1.54, 1.807) is 11.8 Å². The van der Waals surface area contributed by atoms with Crippen molar-refractivity contribution in [2.45, 2.75) is 31.0 Å². The van der Waals surface area contributed by atoms with E-state index in [4.69, 9.17) is 0 Å². The van der Waals surface area contributed by atoms with Gasteiger partial charge in [0.2, 0.25) is 0 Å². The van der Waals surface area contributed by atoms with Gasteiger partial charge in [-0.3, -0.25) is 0 Å². The molecule has 0 radical (unpaired) electrons. The Morgan fingerprint density at radius 2 is 2.06 bits per heavy atom. The van der Waals surface area contributed by atoms with Gasteiger partial charge in [0.25, 0.3) is 0 Å². The van der Waals surface area contributed by atoms with Crippen LogP contribution in [0, 0.1) is 0 Å². The van der Waals surface area contributed by atoms with Crippen molar-refractivity contribution in [3.05, 3.63) is 6.07 Å². The molecule has 0 atom stereocenters. The number of rotatable bonds is 5. The smallest absolute Gasteiger partial charge is 0.191 e. The zero-order valence-corrected chi connectivity index (χ0v) is 12.5. The van der Waals surface area contributed by atoms with Crippen LogP contribution in [0.25, 0.3) is 0 Å². The highest BCUT2D eigenvalue weighted by molar-refractivity contribution is 7.99. The molecule has 100 valence electrons. The van der Waals surface area contributed by atoms with Crippen LogP contribution in [-0.2, 0) is 0 Å². The Balaban J connectivity index is 2.07. The first kappa shape index (κ1) is 13.8. The third kappa shape index (κ3) is 3.95. The number of anilines is 2. The molecule has 1 aromatic heterocycles. The minimum atomic E-state index is 0.560. The third-order valence-corrected chi connectivity index (χ3v) is 4.42. The zero-order chi connectivity index (χ0) is 12.8. The maximum atomic E-state index is 4.52. The van der Waals surface area contributed by atoms with E-state index in [2.05, 4.69) is 27.5 Å². The highest BCUT2D eigenvalue weighted by Gasteiger charge is 2.14. The standard InChI is InChI=1S/C12H20N4S2/c1-3-13-10-8-11(16-12(15-10)17-2)14-9-4-6-18-7-5-9/h8-9H,3-7H2,1-2H3,(H2,13,14,15,16). The molecule has 1 aliphatic rings. The van der Waals surface area contributed by atoms with Gasteiger partial charge in [-0.1, -0.05) is 11.8 Å². The van der Waals surface area contributed by atoms with E-state index in [0.29, 0.717) is 6.04 Å². The molecule has 1 fully saturated rings. The van der Waals surface area contributed by atoms with Crippen LogP contribution in [0.2, 0.25) is 0 Å². The first-order valence-electron chi connectivity index (χ1n) is 6.33. The first-order chi connectivity index (χ1) is 8.81. The molecule has 4 nitrogen and oxygen atoms in total. The van der Waals surface area contributed by atoms with Crippen molar-refractivity contribution < 1.29 is 0 Å². The van der Waals surface area contributed by atoms with Crippen LogP contribution in [0.15, 0.2) is 11.2 Å². The molecule has 0 amide bonds. The Hall–Kier alpha value is -0.620. The van der Waals surface area contributed by atoms with E-state index in [-0.39, 0.29) is 0 Å². The van der Waals surface area contributed by atoms with E-state index in [9.17, 15) is 0 Å². The second-order valence-electron chi connectivity index (χ2n) is 4.19. The monoisotopic (exact) mass is 284 g/mol. The van der Waals surface area contributed by atoms with Crippen molar-refractivity contribution in [3.8, 4) is 0 Å². The average molecular weight is 284 g/mol. The quantitative estimate of drug-likeness (QED) is 0.640. The van der Waals surface area contributed by atoms with Gasteiger partial charge in [0.05, 0.1) is 0 Å². The fourth-order valence-corrected chi connectivity index (χ4v) is 3.40. The van der Waals surface area contributed by atoms with Gasteiger partial charge < -0.3 is 10.6 Å². The van der Waals surface area contributed by atoms with Crippen LogP contribution in [0.3, 0.4) is 0 Å². The molecule has 1 aliphatic heterocycles. The lowest BCUT2D eigenvalue weighted by Crippen LogP contribution is -2.25. The predicted octanol–water partition coefficient (Wildman–Crippen LogP) is 2.94. The predicted molar refractivity (Wildman–Crippen MR) is 81.9 cm³/mol. The Labute approximate surface area is 117 Å². The van der Waals surface area contributed by atoms with Gasteiger partial charge in [-0.25, -0.2) is 9.97 Å². The van der Waals surface area contributed by atoms with E-state index in [1.807, 2.05) is 24.1 Å². The lowest BCUT2D eigenvalue weighted by atomic mass is 10.1. The van der Waals surface area contributed by atoms with Crippen molar-refractivity contribution >= 4 is 35.2 Å². The third-order valence-electron chi connectivity index (χ3n) is 2.82. The van der Waals surface area contributed by atoms with Crippen molar-refractivity contribution in [1.82, 2.24) is 9.97 Å². The molecule has 0 aromatic carbocycles. The molecule has 2 N–H and O–H groups in total. The van der Waals surface area contributed by atoms with Gasteiger partial charge in [-0.05, 0) is 37.5 Å². The summed E-state index contributed by atoms with van der Waals surface area (Å²) in [5.41, 5.74) is 0. The molecular formula is C12H20N4S2. The summed E-state index contributed by atoms with van der Waals surface area (Å²) in [5, 5.41) is 7.61. The molecule has 0 bridgehead atoms. The highest BCUT2D eigenvalue weighted by Crippen LogP contribution is 2.22. The van der Waals surface area contributed by atoms with Crippen LogP contribution in [0.5, 0.6) is 0 Å². The van der Waals surface area contributed by atoms with Crippen LogP contribution in [0.4, 0.5) is 11.6 Å². The zero-order valence-electron chi connectivity index (χ0n) is 10.9. The topological polar surface area (TPSA) is 49.8 Å². The summed E-state index contributed by atoms with van der Waals surface area (Å²) in [6.07, 6.45) is 4.45. The van der Waals surface area contributed by atoms with Crippen molar-refractivity contribution in [2.75, 3.05) is 34.9 Å². The average Bonchev–Trinajstić information content (AvgIpc) is 2.40. The van der Waals surface area contributed by atoms with Gasteiger partial charge in [0.15, 0.2) is 5.16 Å². The van der Waals surface area contributed by atoms with Gasteiger partial charge in [-0.2, -0.15) is 11.8 Å². The molecule has 2 heterocycles. The van der Waals surface area contributed by atoms with Crippen LogP contribution in [-0.4, -0.2) is 40.3 Å². The number of aromatic nitrogens is 2. The Morgan fingerprint density at radius 1 is 1.33 bits per heavy atom. The maximum Gasteiger partial charge on any atom is 0.191 e. The molecule has 0 spiro atoms. The second-order valence-corrected chi connectivity index (χ2v) is 6.18. The lowest BCUT2D eigenvalue weighted by molar-refractivity contribution is 0.661. The summed E-state index contributed by atoms with van der Waals surface area (Å²) < 4.78 is 0. The highest BCUT2D eigenvalue weighted by atomic mass is 32.2. The van der Waals surface area contributed by atoms with Crippen molar-refractivity contribution in [1.29, 1.82) is 0 Å². The number of thioether (sulfide) groups is 2. The van der Waals surface area contributed by atoms with E-state index < -0.39 is 0 Å². The minimum absolute atomic E-state index is 0.560. The van der Waals surface area contributed by atoms with Gasteiger partial charge in [0.1, 0.15) is 11.6 Å². The largest absolute Gasteiger partial charge is 0.370 e. The van der Waals surface area contributed by atoms with Crippen molar-refractivity contribution in [3.63, 3.8) is 0 Å². The Bertz CT molecular complexity index is 380. The fourth-order valence-electron chi connectivity index (χ4n) is 1.91. The van der Waals surface area contributed by atoms with E-state index in [0.717, 1.165) is 23.3 Å². The molecule has 0 aliphatic carbocycles. The van der Waals surface area contributed by atoms with Gasteiger partial charge >= 0.3 is 0 Å². The SMILES string of the molecule is CCNc1cc(NC2CCSCC2)nc(SC)n1. The van der Waals surface area contributed by atoms with Gasteiger partial charge in [-0.15, -0.1) is 0 Å². The number of nitrogens with zero attached hydrogens (tertiary/aromatic N) is 2. The summed E-state index contributed by atoms with van der Waals surface area (Å²) >= 11 is 3.62. The van der Waals surface area contributed by atoms with Crippen LogP contribution >= 0.6 is 23.5 Å². The van der Waals surface area contributed by atoms with Crippen molar-refractivity contribution in [2.24, 2.45) is 0 Å². The maximum absolute atomic E-state index is 4.52. The summed E-state index contributed by atoms with van der Waals surface area (Å²) in [6.45, 7) is 2.96. The molecule has 6 heteroatoms. The molecular weight excluding hydrogens is 264 g/mol. The normalized spacial score (nSPS) is 16.6. The number of nitrogens with one attached hydrogen (secondary N) is 2. The minimum Gasteiger partial charge on any atom is -0.370 e. The lowest BCUT2D eigenvalue weighted by Gasteiger charge is -2.23. The van der Waals surface area contributed by atoms with E-state index >= 15 is 0 Å². The number of hydrogen-bond acceptors (Lipinski definition) is 6. The second kappa shape index (κ2) is 7.09. The molecule has 0 saturated carbocycles. The summed E-state index contributed by atoms with van der Waals surface area (Å²) in [4.78, 5) is 8.95. The first-order valence-corrected chi connectivity index (χ1v) is 8.71. The summed E-state index contributed by atoms with van der Waals surface area (Å²) in [7, 11) is 0. The molecule has 1 aromatic rings. The Morgan fingerprint density at radius 3 is 2.72 bits per heavy atom. The number of hydrogen-bond donors (Lipinski definition) is 2. The Kier molecular flexibility index (Phi) is 5.44. The molecule has 2 rings (SSSR count). The van der Waals surface area contributed by atoms with E-state index in [1.165, 1.54) is 24.3 Å². The molecule has 18 heavy (non-hydrogen) atoms. The molecule has 0 unspecified atom stereocenters. The summed E-state index contributed by atoms with van der Waals surface area (Å²) in [5.74, 6) is 4.35. The summed E-state index contributed by atoms with van der Waals surface area (Å²) in [6, 6.07) is 2.57. The fraction of sp³-hybridized carbons (Fsp3) is 0.667. The van der Waals surface area contributed by atoms with Crippen LogP contribution in [0.1, 0.15) is 19.8 Å². The van der Waals surface area contributed by atoms with Gasteiger partial charge in [0, 0.05) is 18.7 Å². The molecule has 1 saturated heterocycles. The van der Waals surface area contributed by atoms with Crippen LogP contribution < -0.4 is 10.6 Å².